The van der Waals surface area contributed by atoms with Crippen molar-refractivity contribution in [2.24, 2.45) is 0 Å². The Morgan fingerprint density at radius 2 is 2.16 bits per heavy atom. The molecule has 4 atom stereocenters. The number of morpholine rings is 1. The van der Waals surface area contributed by atoms with Gasteiger partial charge in [-0.25, -0.2) is 0 Å². The quantitative estimate of drug-likeness (QED) is 0.818. The fourth-order valence-electron chi connectivity index (χ4n) is 4.17. The van der Waals surface area contributed by atoms with E-state index in [1.54, 1.807) is 7.11 Å². The first-order valence-corrected chi connectivity index (χ1v) is 9.57. The van der Waals surface area contributed by atoms with Crippen LogP contribution < -0.4 is 4.74 Å². The maximum Gasteiger partial charge on any atom is 0.192 e. The molecule has 0 radical (unpaired) electrons. The summed E-state index contributed by atoms with van der Waals surface area (Å²) in [4.78, 5) is 2.28. The SMILES string of the molecule is COCC1CCC2(N3CCOCC3)Oc3ccc(Br)cc3C(O)C2O1. The summed E-state index contributed by atoms with van der Waals surface area (Å²) in [5.41, 5.74) is 0.107. The number of methoxy groups -OCH3 is 1. The summed E-state index contributed by atoms with van der Waals surface area (Å²) < 4.78 is 24.5. The van der Waals surface area contributed by atoms with Gasteiger partial charge in [0.05, 0.1) is 25.9 Å². The summed E-state index contributed by atoms with van der Waals surface area (Å²) in [5.74, 6) is 0.729. The first-order valence-electron chi connectivity index (χ1n) is 8.78. The maximum atomic E-state index is 11.1. The standard InChI is InChI=1S/C18H24BrNO5/c1-22-11-13-4-5-18(20-6-8-23-9-7-20)17(24-13)16(21)14-10-12(19)2-3-15(14)25-18/h2-3,10,13,16-17,21H,4-9,11H2,1H3. The zero-order valence-corrected chi connectivity index (χ0v) is 15.9. The third-order valence-corrected chi connectivity index (χ3v) is 5.86. The van der Waals surface area contributed by atoms with Gasteiger partial charge in [-0.15, -0.1) is 0 Å². The molecule has 1 N–H and O–H groups in total. The van der Waals surface area contributed by atoms with E-state index in [4.69, 9.17) is 18.9 Å². The molecular weight excluding hydrogens is 390 g/mol. The van der Waals surface area contributed by atoms with Crippen LogP contribution in [-0.2, 0) is 14.2 Å². The highest BCUT2D eigenvalue weighted by Crippen LogP contribution is 2.48. The van der Waals surface area contributed by atoms with Crippen molar-refractivity contribution in [3.05, 3.63) is 28.2 Å². The van der Waals surface area contributed by atoms with Gasteiger partial charge in [-0.05, 0) is 24.6 Å². The predicted molar refractivity (Wildman–Crippen MR) is 94.6 cm³/mol. The van der Waals surface area contributed by atoms with E-state index in [2.05, 4.69) is 20.8 Å². The minimum atomic E-state index is -0.747. The second-order valence-corrected chi connectivity index (χ2v) is 7.76. The van der Waals surface area contributed by atoms with Crippen molar-refractivity contribution in [2.45, 2.75) is 36.9 Å². The Kier molecular flexibility index (Phi) is 5.05. The number of aliphatic hydroxyl groups is 1. The van der Waals surface area contributed by atoms with Gasteiger partial charge >= 0.3 is 0 Å². The van der Waals surface area contributed by atoms with Crippen LogP contribution in [-0.4, -0.2) is 68.0 Å². The van der Waals surface area contributed by atoms with E-state index in [1.165, 1.54) is 0 Å². The van der Waals surface area contributed by atoms with Crippen LogP contribution in [0.25, 0.3) is 0 Å². The normalized spacial score (nSPS) is 35.6. The second kappa shape index (κ2) is 7.13. The average Bonchev–Trinajstić information content (AvgIpc) is 2.64. The largest absolute Gasteiger partial charge is 0.469 e. The van der Waals surface area contributed by atoms with Gasteiger partial charge in [0.2, 0.25) is 0 Å². The lowest BCUT2D eigenvalue weighted by molar-refractivity contribution is -0.277. The fraction of sp³-hybridized carbons (Fsp3) is 0.667. The third-order valence-electron chi connectivity index (χ3n) is 5.37. The Labute approximate surface area is 156 Å². The molecule has 3 aliphatic heterocycles. The molecule has 138 valence electrons. The summed E-state index contributed by atoms with van der Waals surface area (Å²) >= 11 is 3.48. The smallest absolute Gasteiger partial charge is 0.192 e. The number of rotatable bonds is 3. The van der Waals surface area contributed by atoms with Gasteiger partial charge in [-0.2, -0.15) is 0 Å². The van der Waals surface area contributed by atoms with Crippen LogP contribution in [0.3, 0.4) is 0 Å². The van der Waals surface area contributed by atoms with E-state index in [0.29, 0.717) is 19.8 Å². The van der Waals surface area contributed by atoms with Crippen LogP contribution in [0.4, 0.5) is 0 Å². The van der Waals surface area contributed by atoms with Crippen molar-refractivity contribution in [1.82, 2.24) is 4.90 Å². The number of fused-ring (bicyclic) bond motifs is 2. The molecule has 0 amide bonds. The van der Waals surface area contributed by atoms with E-state index in [-0.39, 0.29) is 6.10 Å². The van der Waals surface area contributed by atoms with Gasteiger partial charge in [-0.1, -0.05) is 15.9 Å². The third kappa shape index (κ3) is 3.11. The molecule has 0 spiro atoms. The summed E-state index contributed by atoms with van der Waals surface area (Å²) in [7, 11) is 1.67. The molecule has 3 aliphatic rings. The lowest BCUT2D eigenvalue weighted by Crippen LogP contribution is -2.69. The Balaban J connectivity index is 1.72. The Hall–Kier alpha value is -0.700. The molecule has 0 saturated carbocycles. The molecular formula is C18H24BrNO5. The summed E-state index contributed by atoms with van der Waals surface area (Å²) in [5, 5.41) is 11.1. The van der Waals surface area contributed by atoms with Crippen LogP contribution >= 0.6 is 15.9 Å². The first-order chi connectivity index (χ1) is 12.1. The molecule has 1 aromatic rings. The topological polar surface area (TPSA) is 60.4 Å². The van der Waals surface area contributed by atoms with Gasteiger partial charge in [0.15, 0.2) is 5.72 Å². The minimum absolute atomic E-state index is 0.0314. The molecule has 25 heavy (non-hydrogen) atoms. The van der Waals surface area contributed by atoms with E-state index in [1.807, 2.05) is 18.2 Å². The van der Waals surface area contributed by atoms with E-state index in [9.17, 15) is 5.11 Å². The average molecular weight is 414 g/mol. The second-order valence-electron chi connectivity index (χ2n) is 6.85. The first kappa shape index (κ1) is 17.7. The molecule has 2 saturated heterocycles. The number of ether oxygens (including phenoxy) is 4. The fourth-order valence-corrected chi connectivity index (χ4v) is 4.55. The number of halogens is 1. The lowest BCUT2D eigenvalue weighted by Gasteiger charge is -2.56. The summed E-state index contributed by atoms with van der Waals surface area (Å²) in [6, 6.07) is 5.77. The number of hydrogen-bond donors (Lipinski definition) is 1. The van der Waals surface area contributed by atoms with Crippen molar-refractivity contribution in [2.75, 3.05) is 40.0 Å². The van der Waals surface area contributed by atoms with Gasteiger partial charge in [0.25, 0.3) is 0 Å². The Morgan fingerprint density at radius 3 is 2.92 bits per heavy atom. The van der Waals surface area contributed by atoms with Crippen molar-refractivity contribution in [3.8, 4) is 5.75 Å². The lowest BCUT2D eigenvalue weighted by atomic mass is 9.84. The molecule has 0 aromatic heterocycles. The number of nitrogens with zero attached hydrogens (tertiary/aromatic N) is 1. The number of benzene rings is 1. The molecule has 0 aliphatic carbocycles. The van der Waals surface area contributed by atoms with E-state index >= 15 is 0 Å². The van der Waals surface area contributed by atoms with Crippen molar-refractivity contribution >= 4 is 15.9 Å². The van der Waals surface area contributed by atoms with Gasteiger partial charge in [-0.3, -0.25) is 4.90 Å². The molecule has 4 unspecified atom stereocenters. The van der Waals surface area contributed by atoms with Crippen molar-refractivity contribution in [1.29, 1.82) is 0 Å². The Morgan fingerprint density at radius 1 is 1.36 bits per heavy atom. The van der Waals surface area contributed by atoms with Crippen LogP contribution in [0.2, 0.25) is 0 Å². The predicted octanol–water partition coefficient (Wildman–Crippen LogP) is 2.10. The molecule has 7 heteroatoms. The zero-order valence-electron chi connectivity index (χ0n) is 14.3. The number of hydrogen-bond acceptors (Lipinski definition) is 6. The molecule has 2 fully saturated rings. The van der Waals surface area contributed by atoms with Crippen molar-refractivity contribution < 1.29 is 24.1 Å². The molecule has 3 heterocycles. The monoisotopic (exact) mass is 413 g/mol. The zero-order chi connectivity index (χ0) is 17.4. The highest BCUT2D eigenvalue weighted by Gasteiger charge is 2.57. The summed E-state index contributed by atoms with van der Waals surface area (Å²) in [6.45, 7) is 3.40. The van der Waals surface area contributed by atoms with Gasteiger partial charge in [0, 0.05) is 36.7 Å². The highest BCUT2D eigenvalue weighted by molar-refractivity contribution is 9.10. The van der Waals surface area contributed by atoms with Gasteiger partial charge < -0.3 is 24.1 Å². The van der Waals surface area contributed by atoms with E-state index < -0.39 is 17.9 Å². The van der Waals surface area contributed by atoms with Crippen LogP contribution in [0.5, 0.6) is 5.75 Å². The van der Waals surface area contributed by atoms with Crippen LogP contribution in [0, 0.1) is 0 Å². The Bertz CT molecular complexity index is 623. The molecule has 1 aromatic carbocycles. The van der Waals surface area contributed by atoms with Crippen LogP contribution in [0.15, 0.2) is 22.7 Å². The summed E-state index contributed by atoms with van der Waals surface area (Å²) in [6.07, 6.45) is 0.389. The number of aliphatic hydroxyl groups excluding tert-OH is 1. The highest BCUT2D eigenvalue weighted by atomic mass is 79.9. The minimum Gasteiger partial charge on any atom is -0.469 e. The maximum absolute atomic E-state index is 11.1. The molecule has 0 bridgehead atoms. The van der Waals surface area contributed by atoms with E-state index in [0.717, 1.165) is 41.7 Å². The van der Waals surface area contributed by atoms with Crippen molar-refractivity contribution in [3.63, 3.8) is 0 Å². The molecule has 6 nitrogen and oxygen atoms in total. The molecule has 4 rings (SSSR count). The van der Waals surface area contributed by atoms with Gasteiger partial charge in [0.1, 0.15) is 18.0 Å². The van der Waals surface area contributed by atoms with Crippen LogP contribution in [0.1, 0.15) is 24.5 Å².